The van der Waals surface area contributed by atoms with Crippen molar-refractivity contribution in [2.75, 3.05) is 6.61 Å². The van der Waals surface area contributed by atoms with Crippen molar-refractivity contribution in [1.82, 2.24) is 0 Å². The normalized spacial score (nSPS) is 20.6. The first-order chi connectivity index (χ1) is 11.7. The first kappa shape index (κ1) is 18.6. The van der Waals surface area contributed by atoms with Crippen LogP contribution in [0.15, 0.2) is 30.4 Å². The third kappa shape index (κ3) is 6.04. The standard InChI is InChI=1S/C22H29FO/c1-3-7-18-10-12-19(13-11-18)8-5-6-9-20-14-15-21(17-22(20)23)24-16-4-2/h5,8,14-15,17-19H,3-4,7,10-13,16H2,1-2H3/b8-5+. The minimum absolute atomic E-state index is 0.315. The molecule has 0 saturated heterocycles. The van der Waals surface area contributed by atoms with Gasteiger partial charge in [0.05, 0.1) is 12.2 Å². The molecule has 0 radical (unpaired) electrons. The van der Waals surface area contributed by atoms with Crippen molar-refractivity contribution in [1.29, 1.82) is 0 Å². The van der Waals surface area contributed by atoms with Crippen LogP contribution in [0.3, 0.4) is 0 Å². The molecule has 0 aliphatic heterocycles. The Morgan fingerprint density at radius 2 is 1.96 bits per heavy atom. The third-order valence-electron chi connectivity index (χ3n) is 4.66. The van der Waals surface area contributed by atoms with Crippen molar-refractivity contribution in [2.45, 2.75) is 58.8 Å². The zero-order chi connectivity index (χ0) is 17.2. The van der Waals surface area contributed by atoms with E-state index in [-0.39, 0.29) is 5.82 Å². The highest BCUT2D eigenvalue weighted by atomic mass is 19.1. The van der Waals surface area contributed by atoms with Crippen molar-refractivity contribution < 1.29 is 9.13 Å². The van der Waals surface area contributed by atoms with E-state index in [1.165, 1.54) is 44.6 Å². The summed E-state index contributed by atoms with van der Waals surface area (Å²) in [6, 6.07) is 4.89. The zero-order valence-electron chi connectivity index (χ0n) is 15.0. The van der Waals surface area contributed by atoms with Gasteiger partial charge in [0.25, 0.3) is 0 Å². The fourth-order valence-electron chi connectivity index (χ4n) is 3.29. The van der Waals surface area contributed by atoms with E-state index in [0.29, 0.717) is 23.8 Å². The van der Waals surface area contributed by atoms with E-state index in [2.05, 4.69) is 24.8 Å². The van der Waals surface area contributed by atoms with Gasteiger partial charge in [-0.05, 0) is 62.1 Å². The van der Waals surface area contributed by atoms with E-state index in [1.807, 2.05) is 13.0 Å². The largest absolute Gasteiger partial charge is 0.494 e. The Labute approximate surface area is 146 Å². The molecule has 0 heterocycles. The molecule has 2 heteroatoms. The molecule has 24 heavy (non-hydrogen) atoms. The number of allylic oxidation sites excluding steroid dienone is 2. The Balaban J connectivity index is 1.84. The molecule has 0 bridgehead atoms. The summed E-state index contributed by atoms with van der Waals surface area (Å²) in [5, 5.41) is 0. The highest BCUT2D eigenvalue weighted by Gasteiger charge is 2.18. The molecule has 1 aliphatic rings. The second-order valence-corrected chi connectivity index (χ2v) is 6.69. The van der Waals surface area contributed by atoms with Gasteiger partial charge >= 0.3 is 0 Å². The fourth-order valence-corrected chi connectivity index (χ4v) is 3.29. The lowest BCUT2D eigenvalue weighted by atomic mass is 9.80. The molecule has 1 fully saturated rings. The van der Waals surface area contributed by atoms with Crippen LogP contribution in [0.2, 0.25) is 0 Å². The SMILES string of the molecule is CCCOc1ccc(C#C/C=C/C2CCC(CCC)CC2)c(F)c1. The maximum atomic E-state index is 14.0. The van der Waals surface area contributed by atoms with Gasteiger partial charge in [0.1, 0.15) is 11.6 Å². The van der Waals surface area contributed by atoms with Crippen molar-refractivity contribution >= 4 is 0 Å². The summed E-state index contributed by atoms with van der Waals surface area (Å²) in [5.41, 5.74) is 0.426. The molecular weight excluding hydrogens is 299 g/mol. The fraction of sp³-hybridized carbons (Fsp3) is 0.545. The lowest BCUT2D eigenvalue weighted by molar-refractivity contribution is 0.294. The third-order valence-corrected chi connectivity index (χ3v) is 4.66. The molecule has 0 amide bonds. The lowest BCUT2D eigenvalue weighted by Crippen LogP contribution is -2.12. The van der Waals surface area contributed by atoms with Crippen LogP contribution >= 0.6 is 0 Å². The maximum absolute atomic E-state index is 14.0. The first-order valence-electron chi connectivity index (χ1n) is 9.33. The van der Waals surface area contributed by atoms with E-state index < -0.39 is 0 Å². The predicted molar refractivity (Wildman–Crippen MR) is 98.6 cm³/mol. The molecule has 1 aliphatic carbocycles. The Hall–Kier alpha value is -1.75. The van der Waals surface area contributed by atoms with E-state index >= 15 is 0 Å². The number of ether oxygens (including phenoxy) is 1. The summed E-state index contributed by atoms with van der Waals surface area (Å²) in [7, 11) is 0. The van der Waals surface area contributed by atoms with E-state index in [0.717, 1.165) is 12.3 Å². The van der Waals surface area contributed by atoms with Crippen LogP contribution < -0.4 is 4.74 Å². The average molecular weight is 328 g/mol. The molecule has 0 atom stereocenters. The number of rotatable bonds is 6. The molecular formula is C22H29FO. The van der Waals surface area contributed by atoms with Crippen molar-refractivity contribution in [3.05, 3.63) is 41.7 Å². The number of hydrogen-bond donors (Lipinski definition) is 0. The second-order valence-electron chi connectivity index (χ2n) is 6.69. The van der Waals surface area contributed by atoms with Crippen LogP contribution in [-0.4, -0.2) is 6.61 Å². The van der Waals surface area contributed by atoms with Crippen LogP contribution in [0, 0.1) is 29.5 Å². The van der Waals surface area contributed by atoms with Gasteiger partial charge in [-0.15, -0.1) is 0 Å². The van der Waals surface area contributed by atoms with E-state index in [4.69, 9.17) is 4.74 Å². The van der Waals surface area contributed by atoms with Crippen molar-refractivity contribution in [3.63, 3.8) is 0 Å². The van der Waals surface area contributed by atoms with E-state index in [1.54, 1.807) is 12.1 Å². The van der Waals surface area contributed by atoms with Gasteiger partial charge in [-0.2, -0.15) is 0 Å². The van der Waals surface area contributed by atoms with Crippen LogP contribution in [0.4, 0.5) is 4.39 Å². The van der Waals surface area contributed by atoms with Crippen LogP contribution in [0.1, 0.15) is 64.4 Å². The lowest BCUT2D eigenvalue weighted by Gasteiger charge is -2.26. The molecule has 0 N–H and O–H groups in total. The van der Waals surface area contributed by atoms with Gasteiger partial charge in [-0.3, -0.25) is 0 Å². The molecule has 1 nitrogen and oxygen atoms in total. The molecule has 1 saturated carbocycles. The van der Waals surface area contributed by atoms with Gasteiger partial charge in [0.15, 0.2) is 0 Å². The number of halogens is 1. The van der Waals surface area contributed by atoms with Gasteiger partial charge < -0.3 is 4.74 Å². The summed E-state index contributed by atoms with van der Waals surface area (Å²) in [4.78, 5) is 0. The second kappa shape index (κ2) is 10.2. The molecule has 1 aromatic carbocycles. The first-order valence-corrected chi connectivity index (χ1v) is 9.33. The van der Waals surface area contributed by atoms with E-state index in [9.17, 15) is 4.39 Å². The number of benzene rings is 1. The highest BCUT2D eigenvalue weighted by Crippen LogP contribution is 2.32. The minimum Gasteiger partial charge on any atom is -0.494 e. The van der Waals surface area contributed by atoms with Gasteiger partial charge in [0.2, 0.25) is 0 Å². The molecule has 0 spiro atoms. The molecule has 1 aromatic rings. The monoisotopic (exact) mass is 328 g/mol. The molecule has 2 rings (SSSR count). The van der Waals surface area contributed by atoms with Crippen molar-refractivity contribution in [3.8, 4) is 17.6 Å². The Kier molecular flexibility index (Phi) is 7.89. The van der Waals surface area contributed by atoms with Crippen molar-refractivity contribution in [2.24, 2.45) is 11.8 Å². The van der Waals surface area contributed by atoms with Crippen LogP contribution in [0.5, 0.6) is 5.75 Å². The Morgan fingerprint density at radius 3 is 2.62 bits per heavy atom. The summed E-state index contributed by atoms with van der Waals surface area (Å²) >= 11 is 0. The van der Waals surface area contributed by atoms with Gasteiger partial charge in [0, 0.05) is 6.07 Å². The zero-order valence-corrected chi connectivity index (χ0v) is 15.0. The quantitative estimate of drug-likeness (QED) is 0.571. The molecule has 0 unspecified atom stereocenters. The summed E-state index contributed by atoms with van der Waals surface area (Å²) in [6.07, 6.45) is 12.9. The summed E-state index contributed by atoms with van der Waals surface area (Å²) in [5.74, 6) is 7.69. The van der Waals surface area contributed by atoms with Gasteiger partial charge in [-0.25, -0.2) is 4.39 Å². The average Bonchev–Trinajstić information content (AvgIpc) is 2.60. The summed E-state index contributed by atoms with van der Waals surface area (Å²) in [6.45, 7) is 4.90. The summed E-state index contributed by atoms with van der Waals surface area (Å²) < 4.78 is 19.4. The topological polar surface area (TPSA) is 9.23 Å². The minimum atomic E-state index is -0.315. The smallest absolute Gasteiger partial charge is 0.142 e. The Bertz CT molecular complexity index is 586. The Morgan fingerprint density at radius 1 is 1.17 bits per heavy atom. The van der Waals surface area contributed by atoms with Crippen LogP contribution in [0.25, 0.3) is 0 Å². The molecule has 130 valence electrons. The highest BCUT2D eigenvalue weighted by molar-refractivity contribution is 5.41. The number of hydrogen-bond acceptors (Lipinski definition) is 1. The van der Waals surface area contributed by atoms with Crippen LogP contribution in [-0.2, 0) is 0 Å². The predicted octanol–water partition coefficient (Wildman–Crippen LogP) is 6.13. The van der Waals surface area contributed by atoms with Gasteiger partial charge in [-0.1, -0.05) is 44.6 Å². The molecule has 0 aromatic heterocycles. The maximum Gasteiger partial charge on any atom is 0.142 e.